The number of aliphatic hydroxyl groups excluding tert-OH is 1. The molecule has 9 nitrogen and oxygen atoms in total. The summed E-state index contributed by atoms with van der Waals surface area (Å²) in [5.74, 6) is -1.60. The summed E-state index contributed by atoms with van der Waals surface area (Å²) in [7, 11) is 1.53. The average molecular weight is 595 g/mol. The number of amides is 2. The van der Waals surface area contributed by atoms with Gasteiger partial charge < -0.3 is 30.3 Å². The molecule has 2 amide bonds. The van der Waals surface area contributed by atoms with Gasteiger partial charge in [-0.25, -0.2) is 4.79 Å². The van der Waals surface area contributed by atoms with Gasteiger partial charge in [-0.15, -0.1) is 0 Å². The van der Waals surface area contributed by atoms with Crippen molar-refractivity contribution in [3.63, 3.8) is 0 Å². The molecule has 4 N–H and O–H groups in total. The number of rotatable bonds is 5. The highest BCUT2D eigenvalue weighted by molar-refractivity contribution is 5.95. The SMILES string of the molecule is C/C=C(\C)C(=O)N[C@H](C)C(=O)OC1C/C=C/C=C/C=C\C(OC)CC(=O)Nc2cc(O)cc(c2)CC/C=C(/C)C(O)C1C. The molecule has 2 bridgehead atoms. The van der Waals surface area contributed by atoms with Crippen LogP contribution in [0.15, 0.2) is 78.0 Å². The molecule has 0 aromatic heterocycles. The Morgan fingerprint density at radius 1 is 1.16 bits per heavy atom. The number of aryl methyl sites for hydroxylation is 1. The number of esters is 1. The van der Waals surface area contributed by atoms with E-state index in [1.165, 1.54) is 13.2 Å². The number of fused-ring (bicyclic) bond motifs is 2. The molecule has 1 heterocycles. The lowest BCUT2D eigenvalue weighted by atomic mass is 9.90. The predicted octanol–water partition coefficient (Wildman–Crippen LogP) is 5.07. The Morgan fingerprint density at radius 3 is 2.58 bits per heavy atom. The van der Waals surface area contributed by atoms with Crippen molar-refractivity contribution < 1.29 is 34.1 Å². The Hall–Kier alpha value is -3.95. The molecule has 1 aromatic carbocycles. The molecule has 4 unspecified atom stereocenters. The van der Waals surface area contributed by atoms with Crippen molar-refractivity contribution in [3.05, 3.63) is 83.5 Å². The van der Waals surface area contributed by atoms with Crippen LogP contribution in [0.1, 0.15) is 59.4 Å². The van der Waals surface area contributed by atoms with Crippen LogP contribution in [0.4, 0.5) is 5.69 Å². The lowest BCUT2D eigenvalue weighted by Crippen LogP contribution is -2.43. The largest absolute Gasteiger partial charge is 0.508 e. The van der Waals surface area contributed by atoms with Gasteiger partial charge in [0.2, 0.25) is 11.8 Å². The van der Waals surface area contributed by atoms with Crippen LogP contribution >= 0.6 is 0 Å². The number of aromatic hydroxyl groups is 1. The van der Waals surface area contributed by atoms with Gasteiger partial charge in [-0.3, -0.25) is 9.59 Å². The van der Waals surface area contributed by atoms with Crippen LogP contribution in [0.25, 0.3) is 0 Å². The molecule has 0 saturated carbocycles. The Morgan fingerprint density at radius 2 is 1.88 bits per heavy atom. The zero-order valence-corrected chi connectivity index (χ0v) is 26.0. The summed E-state index contributed by atoms with van der Waals surface area (Å²) in [6.07, 6.45) is 13.9. The number of carbonyl (C=O) groups is 3. The molecule has 0 aliphatic carbocycles. The molecule has 9 heteroatoms. The van der Waals surface area contributed by atoms with Crippen molar-refractivity contribution in [1.82, 2.24) is 5.32 Å². The third-order valence-electron chi connectivity index (χ3n) is 7.32. The van der Waals surface area contributed by atoms with E-state index in [-0.39, 0.29) is 24.0 Å². The molecule has 2 rings (SSSR count). The van der Waals surface area contributed by atoms with Crippen LogP contribution in [0.5, 0.6) is 5.75 Å². The van der Waals surface area contributed by atoms with Gasteiger partial charge >= 0.3 is 5.97 Å². The first-order valence-electron chi connectivity index (χ1n) is 14.6. The first-order valence-corrected chi connectivity index (χ1v) is 14.6. The number of nitrogens with one attached hydrogen (secondary N) is 2. The standard InChI is InChI=1S/C34H46N2O7/c1-7-22(2)33(40)35-25(5)34(41)43-30-17-12-10-8-9-11-16-29(42-6)21-31(38)36-27-18-26(19-28(37)20-27)15-13-14-23(3)32(39)24(30)4/h7-12,14,16,18-20,24-25,29-30,32,37,39H,13,15,17,21H2,1-6H3,(H,35,40)(H,36,38)/b9-8+,12-10+,16-11-,22-7+,23-14-/t24?,25-,29?,30?,32?/m1/s1. The molecular formula is C34H46N2O7. The van der Waals surface area contributed by atoms with Crippen LogP contribution in [0.3, 0.4) is 0 Å². The van der Waals surface area contributed by atoms with Crippen molar-refractivity contribution in [2.24, 2.45) is 5.92 Å². The second kappa shape index (κ2) is 17.9. The smallest absolute Gasteiger partial charge is 0.328 e. The number of allylic oxidation sites excluding steroid dienone is 6. The van der Waals surface area contributed by atoms with Crippen LogP contribution in [-0.2, 0) is 30.3 Å². The summed E-state index contributed by atoms with van der Waals surface area (Å²) in [4.78, 5) is 37.8. The maximum atomic E-state index is 12.9. The number of benzene rings is 1. The molecule has 0 spiro atoms. The van der Waals surface area contributed by atoms with Crippen molar-refractivity contribution in [2.45, 2.75) is 84.7 Å². The molecule has 1 aromatic rings. The second-order valence-electron chi connectivity index (χ2n) is 10.8. The zero-order chi connectivity index (χ0) is 31.9. The Labute approximate surface area is 255 Å². The zero-order valence-electron chi connectivity index (χ0n) is 26.0. The summed E-state index contributed by atoms with van der Waals surface area (Å²) < 4.78 is 11.2. The van der Waals surface area contributed by atoms with Gasteiger partial charge in [0.25, 0.3) is 0 Å². The number of phenols is 1. The summed E-state index contributed by atoms with van der Waals surface area (Å²) in [6.45, 7) is 8.62. The van der Waals surface area contributed by atoms with E-state index in [2.05, 4.69) is 10.6 Å². The molecule has 1 aliphatic heterocycles. The number of methoxy groups -OCH3 is 1. The third kappa shape index (κ3) is 12.1. The monoisotopic (exact) mass is 594 g/mol. The minimum Gasteiger partial charge on any atom is -0.508 e. The number of carbonyl (C=O) groups excluding carboxylic acids is 3. The number of hydrogen-bond acceptors (Lipinski definition) is 7. The van der Waals surface area contributed by atoms with E-state index in [4.69, 9.17) is 9.47 Å². The van der Waals surface area contributed by atoms with Gasteiger partial charge in [-0.05, 0) is 63.8 Å². The summed E-state index contributed by atoms with van der Waals surface area (Å²) in [6, 6.07) is 4.07. The van der Waals surface area contributed by atoms with E-state index in [0.29, 0.717) is 30.5 Å². The molecule has 0 saturated heterocycles. The van der Waals surface area contributed by atoms with E-state index < -0.39 is 36.2 Å². The number of ether oxygens (including phenoxy) is 2. The van der Waals surface area contributed by atoms with Crippen LogP contribution in [0.2, 0.25) is 0 Å². The number of phenolic OH excluding ortho intramolecular Hbond substituents is 1. The summed E-state index contributed by atoms with van der Waals surface area (Å²) in [5, 5.41) is 26.9. The topological polar surface area (TPSA) is 134 Å². The van der Waals surface area contributed by atoms with Gasteiger partial charge in [0.05, 0.1) is 18.6 Å². The van der Waals surface area contributed by atoms with E-state index in [9.17, 15) is 24.6 Å². The third-order valence-corrected chi connectivity index (χ3v) is 7.32. The molecule has 234 valence electrons. The molecule has 0 radical (unpaired) electrons. The summed E-state index contributed by atoms with van der Waals surface area (Å²) in [5.41, 5.74) is 2.52. The molecule has 0 fully saturated rings. The highest BCUT2D eigenvalue weighted by atomic mass is 16.5. The van der Waals surface area contributed by atoms with Crippen LogP contribution < -0.4 is 10.6 Å². The van der Waals surface area contributed by atoms with Crippen molar-refractivity contribution in [1.29, 1.82) is 0 Å². The first kappa shape index (κ1) is 35.2. The Bertz CT molecular complexity index is 1260. The van der Waals surface area contributed by atoms with E-state index in [1.54, 1.807) is 57.2 Å². The fourth-order valence-electron chi connectivity index (χ4n) is 4.45. The minimum absolute atomic E-state index is 0.0392. The van der Waals surface area contributed by atoms with Crippen molar-refractivity contribution >= 4 is 23.5 Å². The predicted molar refractivity (Wildman–Crippen MR) is 168 cm³/mol. The van der Waals surface area contributed by atoms with Crippen LogP contribution in [-0.4, -0.2) is 59.5 Å². The Balaban J connectivity index is 2.32. The Kier molecular flexibility index (Phi) is 14.7. The van der Waals surface area contributed by atoms with E-state index >= 15 is 0 Å². The van der Waals surface area contributed by atoms with Gasteiger partial charge in [-0.2, -0.15) is 0 Å². The van der Waals surface area contributed by atoms with Gasteiger partial charge in [0.15, 0.2) is 0 Å². The maximum absolute atomic E-state index is 12.9. The fraction of sp³-hybridized carbons (Fsp3) is 0.441. The highest BCUT2D eigenvalue weighted by Gasteiger charge is 2.30. The molecule has 5 atom stereocenters. The number of hydrogen-bond donors (Lipinski definition) is 4. The maximum Gasteiger partial charge on any atom is 0.328 e. The highest BCUT2D eigenvalue weighted by Crippen LogP contribution is 2.24. The lowest BCUT2D eigenvalue weighted by Gasteiger charge is -2.29. The van der Waals surface area contributed by atoms with E-state index in [1.807, 2.05) is 38.1 Å². The molecule has 43 heavy (non-hydrogen) atoms. The van der Waals surface area contributed by atoms with Crippen molar-refractivity contribution in [3.8, 4) is 5.75 Å². The first-order chi connectivity index (χ1) is 20.4. The van der Waals surface area contributed by atoms with Crippen molar-refractivity contribution in [2.75, 3.05) is 12.4 Å². The molecule has 1 aliphatic rings. The second-order valence-corrected chi connectivity index (χ2v) is 10.8. The number of anilines is 1. The summed E-state index contributed by atoms with van der Waals surface area (Å²) >= 11 is 0. The fourth-order valence-corrected chi connectivity index (χ4v) is 4.45. The minimum atomic E-state index is -0.890. The van der Waals surface area contributed by atoms with Gasteiger partial charge in [-0.1, -0.05) is 55.5 Å². The number of aliphatic hydroxyl groups is 1. The quantitative estimate of drug-likeness (QED) is 0.213. The lowest BCUT2D eigenvalue weighted by molar-refractivity contribution is -0.156. The molecular weight excluding hydrogens is 548 g/mol. The van der Waals surface area contributed by atoms with Crippen LogP contribution in [0, 0.1) is 5.92 Å². The van der Waals surface area contributed by atoms with Gasteiger partial charge in [0, 0.05) is 36.8 Å². The van der Waals surface area contributed by atoms with Gasteiger partial charge in [0.1, 0.15) is 17.9 Å². The average Bonchev–Trinajstić information content (AvgIpc) is 2.96. The normalized spacial score (nSPS) is 26.8. The van der Waals surface area contributed by atoms with E-state index in [0.717, 1.165) is 11.1 Å².